The van der Waals surface area contributed by atoms with Crippen LogP contribution in [0.1, 0.15) is 39.0 Å². The Morgan fingerprint density at radius 2 is 1.94 bits per heavy atom. The van der Waals surface area contributed by atoms with Gasteiger partial charge in [-0.05, 0) is 45.3 Å². The van der Waals surface area contributed by atoms with Crippen molar-refractivity contribution in [1.82, 2.24) is 10.2 Å². The van der Waals surface area contributed by atoms with E-state index in [1.807, 2.05) is 0 Å². The van der Waals surface area contributed by atoms with Crippen LogP contribution < -0.4 is 5.32 Å². The van der Waals surface area contributed by atoms with Gasteiger partial charge in [0.2, 0.25) is 0 Å². The lowest BCUT2D eigenvalue weighted by atomic mass is 10.3. The smallest absolute Gasteiger partial charge is 0.0587 e. The molecule has 1 aliphatic carbocycles. The lowest BCUT2D eigenvalue weighted by Gasteiger charge is -2.21. The zero-order valence-corrected chi connectivity index (χ0v) is 11.0. The molecule has 0 aromatic carbocycles. The number of nitrogens with one attached hydrogen (secondary N) is 1. The van der Waals surface area contributed by atoms with Crippen molar-refractivity contribution in [3.63, 3.8) is 0 Å². The van der Waals surface area contributed by atoms with Crippen LogP contribution in [0.2, 0.25) is 0 Å². The van der Waals surface area contributed by atoms with Crippen LogP contribution in [-0.4, -0.2) is 50.8 Å². The van der Waals surface area contributed by atoms with Crippen molar-refractivity contribution in [2.75, 3.05) is 39.9 Å². The SMILES string of the molecule is CCCCN(CCCNCCOC)C1CC1. The van der Waals surface area contributed by atoms with Gasteiger partial charge in [0, 0.05) is 19.7 Å². The minimum absolute atomic E-state index is 0.822. The van der Waals surface area contributed by atoms with Crippen LogP contribution in [0.4, 0.5) is 0 Å². The molecular formula is C13H28N2O. The van der Waals surface area contributed by atoms with Crippen LogP contribution in [0.5, 0.6) is 0 Å². The van der Waals surface area contributed by atoms with E-state index in [0.29, 0.717) is 0 Å². The van der Waals surface area contributed by atoms with Gasteiger partial charge >= 0.3 is 0 Å². The van der Waals surface area contributed by atoms with Crippen molar-refractivity contribution in [2.24, 2.45) is 0 Å². The Labute approximate surface area is 101 Å². The van der Waals surface area contributed by atoms with Crippen LogP contribution in [-0.2, 0) is 4.74 Å². The number of hydrogen-bond donors (Lipinski definition) is 1. The topological polar surface area (TPSA) is 24.5 Å². The summed E-state index contributed by atoms with van der Waals surface area (Å²) in [5.74, 6) is 0. The summed E-state index contributed by atoms with van der Waals surface area (Å²) in [4.78, 5) is 2.68. The first-order chi connectivity index (χ1) is 7.88. The molecule has 16 heavy (non-hydrogen) atoms. The molecule has 1 N–H and O–H groups in total. The minimum atomic E-state index is 0.822. The number of ether oxygens (including phenoxy) is 1. The molecule has 1 rings (SSSR count). The van der Waals surface area contributed by atoms with Gasteiger partial charge in [-0.25, -0.2) is 0 Å². The highest BCUT2D eigenvalue weighted by Crippen LogP contribution is 2.26. The van der Waals surface area contributed by atoms with Crippen molar-refractivity contribution in [3.8, 4) is 0 Å². The van der Waals surface area contributed by atoms with Gasteiger partial charge in [0.05, 0.1) is 6.61 Å². The fourth-order valence-corrected chi connectivity index (χ4v) is 1.98. The average molecular weight is 228 g/mol. The van der Waals surface area contributed by atoms with Gasteiger partial charge in [0.15, 0.2) is 0 Å². The van der Waals surface area contributed by atoms with E-state index in [1.54, 1.807) is 7.11 Å². The van der Waals surface area contributed by atoms with Gasteiger partial charge in [-0.2, -0.15) is 0 Å². The third-order valence-electron chi connectivity index (χ3n) is 3.14. The van der Waals surface area contributed by atoms with E-state index in [0.717, 1.165) is 25.7 Å². The zero-order valence-electron chi connectivity index (χ0n) is 11.0. The molecule has 0 radical (unpaired) electrons. The summed E-state index contributed by atoms with van der Waals surface area (Å²) in [6.45, 7) is 7.77. The Balaban J connectivity index is 1.95. The molecule has 96 valence electrons. The highest BCUT2D eigenvalue weighted by Gasteiger charge is 2.27. The molecule has 0 spiro atoms. The molecule has 0 amide bonds. The molecule has 0 aromatic rings. The number of methoxy groups -OCH3 is 1. The molecule has 3 heteroatoms. The van der Waals surface area contributed by atoms with E-state index in [1.165, 1.54) is 45.2 Å². The van der Waals surface area contributed by atoms with E-state index in [9.17, 15) is 0 Å². The van der Waals surface area contributed by atoms with Crippen LogP contribution in [0.3, 0.4) is 0 Å². The van der Waals surface area contributed by atoms with Gasteiger partial charge in [-0.1, -0.05) is 13.3 Å². The molecule has 3 nitrogen and oxygen atoms in total. The van der Waals surface area contributed by atoms with Crippen LogP contribution in [0.15, 0.2) is 0 Å². The molecule has 0 atom stereocenters. The third-order valence-corrected chi connectivity index (χ3v) is 3.14. The van der Waals surface area contributed by atoms with Crippen LogP contribution >= 0.6 is 0 Å². The monoisotopic (exact) mass is 228 g/mol. The maximum Gasteiger partial charge on any atom is 0.0587 e. The van der Waals surface area contributed by atoms with Crippen molar-refractivity contribution >= 4 is 0 Å². The third kappa shape index (κ3) is 6.46. The molecule has 0 unspecified atom stereocenters. The van der Waals surface area contributed by atoms with Crippen LogP contribution in [0.25, 0.3) is 0 Å². The van der Waals surface area contributed by atoms with Gasteiger partial charge in [0.25, 0.3) is 0 Å². The first-order valence-corrected chi connectivity index (χ1v) is 6.82. The summed E-state index contributed by atoms with van der Waals surface area (Å²) >= 11 is 0. The Bertz CT molecular complexity index is 160. The first-order valence-electron chi connectivity index (χ1n) is 6.82. The Hall–Kier alpha value is -0.120. The summed E-state index contributed by atoms with van der Waals surface area (Å²) in [6.07, 6.45) is 6.80. The highest BCUT2D eigenvalue weighted by atomic mass is 16.5. The van der Waals surface area contributed by atoms with Crippen molar-refractivity contribution in [2.45, 2.75) is 45.1 Å². The predicted molar refractivity (Wildman–Crippen MR) is 68.9 cm³/mol. The normalized spacial score (nSPS) is 15.9. The second kappa shape index (κ2) is 8.97. The van der Waals surface area contributed by atoms with Gasteiger partial charge in [0.1, 0.15) is 0 Å². The molecule has 0 bridgehead atoms. The summed E-state index contributed by atoms with van der Waals surface area (Å²) in [5.41, 5.74) is 0. The van der Waals surface area contributed by atoms with E-state index >= 15 is 0 Å². The van der Waals surface area contributed by atoms with Crippen molar-refractivity contribution in [3.05, 3.63) is 0 Å². The van der Waals surface area contributed by atoms with Gasteiger partial charge in [-0.3, -0.25) is 0 Å². The number of nitrogens with zero attached hydrogens (tertiary/aromatic N) is 1. The summed E-state index contributed by atoms with van der Waals surface area (Å²) in [5, 5.41) is 3.41. The van der Waals surface area contributed by atoms with Crippen LogP contribution in [0, 0.1) is 0 Å². The number of unbranched alkanes of at least 4 members (excludes halogenated alkanes) is 1. The lowest BCUT2D eigenvalue weighted by molar-refractivity contribution is 0.198. The molecule has 1 aliphatic rings. The lowest BCUT2D eigenvalue weighted by Crippen LogP contribution is -2.31. The van der Waals surface area contributed by atoms with Crippen molar-refractivity contribution < 1.29 is 4.74 Å². The summed E-state index contributed by atoms with van der Waals surface area (Å²) < 4.78 is 5.00. The zero-order chi connectivity index (χ0) is 11.6. The summed E-state index contributed by atoms with van der Waals surface area (Å²) in [6, 6.07) is 0.922. The van der Waals surface area contributed by atoms with Gasteiger partial charge < -0.3 is 15.0 Å². The Morgan fingerprint density at radius 3 is 2.56 bits per heavy atom. The molecule has 1 fully saturated rings. The van der Waals surface area contributed by atoms with Gasteiger partial charge in [-0.15, -0.1) is 0 Å². The molecule has 0 aromatic heterocycles. The maximum atomic E-state index is 5.00. The second-order valence-corrected chi connectivity index (χ2v) is 4.72. The molecule has 1 saturated carbocycles. The van der Waals surface area contributed by atoms with E-state index < -0.39 is 0 Å². The largest absolute Gasteiger partial charge is 0.383 e. The maximum absolute atomic E-state index is 5.00. The fourth-order valence-electron chi connectivity index (χ4n) is 1.98. The molecule has 0 saturated heterocycles. The first kappa shape index (κ1) is 13.9. The second-order valence-electron chi connectivity index (χ2n) is 4.72. The number of rotatable bonds is 11. The molecular weight excluding hydrogens is 200 g/mol. The Morgan fingerprint density at radius 1 is 1.19 bits per heavy atom. The minimum Gasteiger partial charge on any atom is -0.383 e. The molecule has 0 aliphatic heterocycles. The fraction of sp³-hybridized carbons (Fsp3) is 1.00. The highest BCUT2D eigenvalue weighted by molar-refractivity contribution is 4.84. The van der Waals surface area contributed by atoms with E-state index in [4.69, 9.17) is 4.74 Å². The Kier molecular flexibility index (Phi) is 7.81. The number of hydrogen-bond acceptors (Lipinski definition) is 3. The van der Waals surface area contributed by atoms with E-state index in [-0.39, 0.29) is 0 Å². The quantitative estimate of drug-likeness (QED) is 0.546. The molecule has 0 heterocycles. The summed E-state index contributed by atoms with van der Waals surface area (Å²) in [7, 11) is 1.75. The average Bonchev–Trinajstić information content (AvgIpc) is 3.11. The predicted octanol–water partition coefficient (Wildman–Crippen LogP) is 1.88. The van der Waals surface area contributed by atoms with Crippen molar-refractivity contribution in [1.29, 1.82) is 0 Å². The van der Waals surface area contributed by atoms with E-state index in [2.05, 4.69) is 17.1 Å². The standard InChI is InChI=1S/C13H28N2O/c1-3-4-10-15(13-6-7-13)11-5-8-14-9-12-16-2/h13-14H,3-12H2,1-2H3.